The maximum atomic E-state index is 13.5. The Kier molecular flexibility index (Phi) is 18.0. The molecule has 24 nitrogen and oxygen atoms in total. The van der Waals surface area contributed by atoms with Crippen LogP contribution in [0, 0.1) is 0 Å². The van der Waals surface area contributed by atoms with Crippen LogP contribution >= 0.6 is 0 Å². The van der Waals surface area contributed by atoms with Crippen molar-refractivity contribution in [3.05, 3.63) is 31.5 Å². The fourth-order valence-electron chi connectivity index (χ4n) is 6.39. The van der Waals surface area contributed by atoms with Crippen LogP contribution in [0.15, 0.2) is 14.4 Å². The molecular formula is C36H51N9O15. The lowest BCUT2D eigenvalue weighted by atomic mass is 10.2. The summed E-state index contributed by atoms with van der Waals surface area (Å²) in [5.41, 5.74) is -2.24. The topological polar surface area (TPSA) is 293 Å². The van der Waals surface area contributed by atoms with Crippen molar-refractivity contribution in [2.75, 3.05) is 19.6 Å². The molecule has 0 aromatic carbocycles. The van der Waals surface area contributed by atoms with E-state index in [4.69, 9.17) is 14.5 Å². The number of carbonyl (C=O) groups excluding carboxylic acids is 9. The van der Waals surface area contributed by atoms with Crippen LogP contribution < -0.4 is 33.0 Å². The molecule has 330 valence electrons. The highest BCUT2D eigenvalue weighted by molar-refractivity contribution is 6.02. The third kappa shape index (κ3) is 13.6. The summed E-state index contributed by atoms with van der Waals surface area (Å²) in [5, 5.41) is 8.71. The molecule has 0 radical (unpaired) electrons. The molecule has 3 aliphatic heterocycles. The molecule has 9 amide bonds. The Balaban J connectivity index is 1.23. The minimum atomic E-state index is -0.938. The lowest BCUT2D eigenvalue weighted by molar-refractivity contribution is -0.172. The highest BCUT2D eigenvalue weighted by atomic mass is 16.7. The van der Waals surface area contributed by atoms with Gasteiger partial charge in [0.25, 0.3) is 35.4 Å². The molecule has 3 aliphatic rings. The van der Waals surface area contributed by atoms with E-state index in [9.17, 15) is 57.5 Å². The van der Waals surface area contributed by atoms with Gasteiger partial charge in [-0.1, -0.05) is 38.5 Å². The summed E-state index contributed by atoms with van der Waals surface area (Å²) < 4.78 is 3.08. The van der Waals surface area contributed by atoms with Gasteiger partial charge in [0, 0.05) is 77.8 Å². The number of nitrogens with zero attached hydrogens (tertiary/aromatic N) is 6. The number of nitrogens with one attached hydrogen (secondary N) is 3. The van der Waals surface area contributed by atoms with Gasteiger partial charge in [-0.05, 0) is 38.5 Å². The summed E-state index contributed by atoms with van der Waals surface area (Å²) in [6.45, 7) is 0.648. The van der Waals surface area contributed by atoms with E-state index in [1.807, 2.05) is 0 Å². The summed E-state index contributed by atoms with van der Waals surface area (Å²) in [6.07, 6.45) is 3.19. The minimum absolute atomic E-state index is 0.0241. The summed E-state index contributed by atoms with van der Waals surface area (Å²) in [5.74, 6) is -3.57. The Morgan fingerprint density at radius 1 is 0.350 bits per heavy atom. The van der Waals surface area contributed by atoms with E-state index in [-0.39, 0.29) is 77.8 Å². The van der Waals surface area contributed by atoms with Crippen molar-refractivity contribution in [3.8, 4) is 0 Å². The van der Waals surface area contributed by atoms with Crippen LogP contribution in [0.2, 0.25) is 0 Å². The molecule has 0 saturated carbocycles. The maximum absolute atomic E-state index is 13.5. The van der Waals surface area contributed by atoms with Crippen molar-refractivity contribution in [1.29, 1.82) is 0 Å². The first-order valence-corrected chi connectivity index (χ1v) is 20.2. The van der Waals surface area contributed by atoms with Crippen molar-refractivity contribution in [2.24, 2.45) is 0 Å². The molecule has 3 saturated heterocycles. The Hall–Kier alpha value is -6.36. The van der Waals surface area contributed by atoms with Crippen LogP contribution in [0.1, 0.15) is 116 Å². The van der Waals surface area contributed by atoms with Crippen LogP contribution in [0.3, 0.4) is 0 Å². The predicted octanol–water partition coefficient (Wildman–Crippen LogP) is 0.224. The molecule has 0 atom stereocenters. The van der Waals surface area contributed by atoms with E-state index in [2.05, 4.69) is 16.0 Å². The second-order valence-corrected chi connectivity index (χ2v) is 14.2. The first-order valence-electron chi connectivity index (χ1n) is 20.2. The molecule has 4 heterocycles. The van der Waals surface area contributed by atoms with Crippen LogP contribution in [-0.4, -0.2) is 102 Å². The van der Waals surface area contributed by atoms with Gasteiger partial charge in [-0.3, -0.25) is 28.8 Å². The number of rotatable bonds is 24. The van der Waals surface area contributed by atoms with Gasteiger partial charge in [-0.2, -0.15) is 0 Å². The number of carbonyl (C=O) groups is 9. The molecule has 1 aromatic rings. The van der Waals surface area contributed by atoms with E-state index in [0.29, 0.717) is 92.2 Å². The molecule has 3 fully saturated rings. The normalized spacial score (nSPS) is 15.3. The summed E-state index contributed by atoms with van der Waals surface area (Å²) >= 11 is 0. The summed E-state index contributed by atoms with van der Waals surface area (Å²) in [4.78, 5) is 160. The van der Waals surface area contributed by atoms with Crippen molar-refractivity contribution < 1.29 is 57.7 Å². The van der Waals surface area contributed by atoms with Gasteiger partial charge in [0.05, 0.1) is 0 Å². The molecule has 24 heteroatoms. The van der Waals surface area contributed by atoms with E-state index in [1.165, 1.54) is 0 Å². The molecule has 0 unspecified atom stereocenters. The van der Waals surface area contributed by atoms with Crippen molar-refractivity contribution in [1.82, 2.24) is 44.8 Å². The van der Waals surface area contributed by atoms with E-state index in [0.717, 1.165) is 13.7 Å². The fraction of sp³-hybridized carbons (Fsp3) is 0.667. The highest BCUT2D eigenvalue weighted by Gasteiger charge is 2.34. The van der Waals surface area contributed by atoms with Crippen LogP contribution in [0.5, 0.6) is 0 Å². The molecule has 60 heavy (non-hydrogen) atoms. The van der Waals surface area contributed by atoms with Gasteiger partial charge in [0.2, 0.25) is 0 Å². The van der Waals surface area contributed by atoms with Gasteiger partial charge < -0.3 is 30.5 Å². The van der Waals surface area contributed by atoms with E-state index >= 15 is 0 Å². The molecular weight excluding hydrogens is 798 g/mol. The average Bonchev–Trinajstić information content (AvgIpc) is 3.83. The molecule has 1 aromatic heterocycles. The zero-order valence-corrected chi connectivity index (χ0v) is 33.3. The number of unbranched alkanes of at least 4 members (excludes halogenated alkanes) is 9. The average molecular weight is 850 g/mol. The number of hydroxylamine groups is 6. The standard InChI is InChI=1S/C36H51N9O15/c46-25-13-14-26(47)43(25)58-31(52)37-19-7-1-4-10-22-40-34(55)41(23-11-5-2-8-20-38-32(53)59-44-27(48)15-16-28(44)49)36(57)42(35(40)56)24-12-6-3-9-21-39-33(54)60-45-29(50)17-18-30(45)51/h1-24H2,(H,37,52)(H,38,53)(H,39,54). The van der Waals surface area contributed by atoms with Gasteiger partial charge in [0.15, 0.2) is 0 Å². The second kappa shape index (κ2) is 23.3. The lowest BCUT2D eigenvalue weighted by Gasteiger charge is -2.15. The van der Waals surface area contributed by atoms with Crippen LogP contribution in [0.4, 0.5) is 14.4 Å². The number of imide groups is 3. The zero-order chi connectivity index (χ0) is 43.6. The smallest absolute Gasteiger partial charge is 0.320 e. The Morgan fingerprint density at radius 2 is 0.567 bits per heavy atom. The molecule has 0 bridgehead atoms. The Bertz CT molecular complexity index is 1680. The van der Waals surface area contributed by atoms with Crippen LogP contribution in [-0.2, 0) is 62.9 Å². The number of hydrogen-bond donors (Lipinski definition) is 3. The van der Waals surface area contributed by atoms with Crippen molar-refractivity contribution in [2.45, 2.75) is 135 Å². The monoisotopic (exact) mass is 849 g/mol. The highest BCUT2D eigenvalue weighted by Crippen LogP contribution is 2.14. The van der Waals surface area contributed by atoms with E-state index in [1.54, 1.807) is 0 Å². The van der Waals surface area contributed by atoms with Crippen molar-refractivity contribution >= 4 is 53.7 Å². The third-order valence-electron chi connectivity index (χ3n) is 9.66. The lowest BCUT2D eigenvalue weighted by Crippen LogP contribution is -2.54. The molecule has 0 spiro atoms. The summed E-state index contributed by atoms with van der Waals surface area (Å²) in [7, 11) is 0. The molecule has 4 rings (SSSR count). The van der Waals surface area contributed by atoms with Crippen molar-refractivity contribution in [3.63, 3.8) is 0 Å². The second-order valence-electron chi connectivity index (χ2n) is 14.2. The first kappa shape index (κ1) is 46.3. The molecule has 3 N–H and O–H groups in total. The predicted molar refractivity (Wildman–Crippen MR) is 201 cm³/mol. The van der Waals surface area contributed by atoms with Gasteiger partial charge in [-0.25, -0.2) is 42.5 Å². The zero-order valence-electron chi connectivity index (χ0n) is 33.3. The number of amides is 9. The van der Waals surface area contributed by atoms with Gasteiger partial charge in [-0.15, -0.1) is 15.2 Å². The van der Waals surface area contributed by atoms with Gasteiger partial charge >= 0.3 is 35.3 Å². The quantitative estimate of drug-likeness (QED) is 0.0927. The Labute approximate surface area is 342 Å². The number of hydrogen-bond acceptors (Lipinski definition) is 15. The van der Waals surface area contributed by atoms with E-state index < -0.39 is 70.8 Å². The summed E-state index contributed by atoms with van der Waals surface area (Å²) in [6, 6.07) is 0. The SMILES string of the molecule is O=C(NCCCCCCn1c(=O)n(CCCCCCNC(=O)ON2C(=O)CCC2=O)c(=O)n(CCCCCCNC(=O)ON2C(=O)CCC2=O)c1=O)ON1C(=O)CCC1=O. The molecule has 0 aliphatic carbocycles. The third-order valence-corrected chi connectivity index (χ3v) is 9.66. The fourth-order valence-corrected chi connectivity index (χ4v) is 6.39. The number of aromatic nitrogens is 3. The Morgan fingerprint density at radius 3 is 0.800 bits per heavy atom. The van der Waals surface area contributed by atoms with Gasteiger partial charge in [0.1, 0.15) is 0 Å². The first-order chi connectivity index (χ1) is 28.8. The minimum Gasteiger partial charge on any atom is -0.320 e. The van der Waals surface area contributed by atoms with Crippen LogP contribution in [0.25, 0.3) is 0 Å². The largest absolute Gasteiger partial charge is 0.432 e. The maximum Gasteiger partial charge on any atom is 0.432 e.